The number of phenolic OH excluding ortho intramolecular Hbond substituents is 1. The monoisotopic (exact) mass is 439 g/mol. The van der Waals surface area contributed by atoms with Gasteiger partial charge in [0.05, 0.1) is 18.2 Å². The van der Waals surface area contributed by atoms with Crippen LogP contribution in [0.4, 0.5) is 0 Å². The summed E-state index contributed by atoms with van der Waals surface area (Å²) >= 11 is 0. The molecule has 7 heteroatoms. The minimum absolute atomic E-state index is 0.0183. The van der Waals surface area contributed by atoms with Gasteiger partial charge >= 0.3 is 0 Å². The SMILES string of the molecule is CCOc1cc(C2/C(=C(/O)c3ccc(CC)cc3)C(=O)C(=O)N2CCCOC)ccc1O. The van der Waals surface area contributed by atoms with Crippen LogP contribution in [0.15, 0.2) is 48.0 Å². The number of ketones is 1. The number of methoxy groups -OCH3 is 1. The highest BCUT2D eigenvalue weighted by Crippen LogP contribution is 2.41. The average molecular weight is 440 g/mol. The first-order valence-electron chi connectivity index (χ1n) is 10.7. The van der Waals surface area contributed by atoms with E-state index in [2.05, 4.69) is 0 Å². The number of benzene rings is 2. The molecule has 170 valence electrons. The van der Waals surface area contributed by atoms with Gasteiger partial charge in [-0.1, -0.05) is 37.3 Å². The summed E-state index contributed by atoms with van der Waals surface area (Å²) in [5.74, 6) is -1.43. The second-order valence-corrected chi connectivity index (χ2v) is 7.55. The van der Waals surface area contributed by atoms with Crippen molar-refractivity contribution >= 4 is 17.4 Å². The molecule has 0 aromatic heterocycles. The fourth-order valence-corrected chi connectivity index (χ4v) is 3.86. The molecule has 0 spiro atoms. The zero-order chi connectivity index (χ0) is 23.3. The molecule has 7 nitrogen and oxygen atoms in total. The largest absolute Gasteiger partial charge is 0.507 e. The number of aliphatic hydroxyl groups excluding tert-OH is 1. The average Bonchev–Trinajstić information content (AvgIpc) is 3.05. The zero-order valence-electron chi connectivity index (χ0n) is 18.6. The molecule has 0 bridgehead atoms. The molecule has 0 radical (unpaired) electrons. The minimum atomic E-state index is -0.808. The molecule has 1 amide bonds. The lowest BCUT2D eigenvalue weighted by Crippen LogP contribution is -2.31. The van der Waals surface area contributed by atoms with Crippen molar-refractivity contribution in [1.82, 2.24) is 4.90 Å². The molecule has 0 saturated carbocycles. The van der Waals surface area contributed by atoms with E-state index in [1.807, 2.05) is 19.1 Å². The van der Waals surface area contributed by atoms with Gasteiger partial charge in [-0.3, -0.25) is 9.59 Å². The number of hydrogen-bond donors (Lipinski definition) is 2. The maximum atomic E-state index is 13.0. The molecule has 1 heterocycles. The summed E-state index contributed by atoms with van der Waals surface area (Å²) < 4.78 is 10.6. The van der Waals surface area contributed by atoms with Crippen molar-refractivity contribution in [3.63, 3.8) is 0 Å². The number of phenols is 1. The van der Waals surface area contributed by atoms with Crippen LogP contribution < -0.4 is 4.74 Å². The lowest BCUT2D eigenvalue weighted by molar-refractivity contribution is -0.140. The molecular formula is C25H29NO6. The Morgan fingerprint density at radius 2 is 1.81 bits per heavy atom. The number of rotatable bonds is 9. The zero-order valence-corrected chi connectivity index (χ0v) is 18.6. The summed E-state index contributed by atoms with van der Waals surface area (Å²) in [4.78, 5) is 27.4. The Kier molecular flexibility index (Phi) is 7.53. The number of aromatic hydroxyl groups is 1. The van der Waals surface area contributed by atoms with E-state index in [-0.39, 0.29) is 29.4 Å². The Morgan fingerprint density at radius 1 is 1.09 bits per heavy atom. The van der Waals surface area contributed by atoms with Crippen LogP contribution in [0, 0.1) is 0 Å². The summed E-state index contributed by atoms with van der Waals surface area (Å²) in [6, 6.07) is 11.1. The highest BCUT2D eigenvalue weighted by Gasteiger charge is 2.46. The van der Waals surface area contributed by atoms with Gasteiger partial charge in [0.1, 0.15) is 5.76 Å². The number of carbonyl (C=O) groups is 2. The van der Waals surface area contributed by atoms with Gasteiger partial charge in [0, 0.05) is 25.8 Å². The van der Waals surface area contributed by atoms with E-state index < -0.39 is 17.7 Å². The van der Waals surface area contributed by atoms with Gasteiger partial charge in [-0.05, 0) is 43.0 Å². The van der Waals surface area contributed by atoms with Gasteiger partial charge in [-0.25, -0.2) is 0 Å². The number of likely N-dealkylation sites (tertiary alicyclic amines) is 1. The quantitative estimate of drug-likeness (QED) is 0.267. The third kappa shape index (κ3) is 4.62. The van der Waals surface area contributed by atoms with Crippen molar-refractivity contribution < 1.29 is 29.3 Å². The van der Waals surface area contributed by atoms with Crippen molar-refractivity contribution in [1.29, 1.82) is 0 Å². The maximum Gasteiger partial charge on any atom is 0.295 e. The first-order valence-corrected chi connectivity index (χ1v) is 10.7. The fraction of sp³-hybridized carbons (Fsp3) is 0.360. The standard InChI is InChI=1S/C25H29NO6/c1-4-16-7-9-17(10-8-16)23(28)21-22(18-11-12-19(27)20(15-18)32-5-2)26(13-6-14-31-3)25(30)24(21)29/h7-12,15,22,27-28H,4-6,13-14H2,1-3H3/b23-21-. The summed E-state index contributed by atoms with van der Waals surface area (Å²) in [7, 11) is 1.57. The van der Waals surface area contributed by atoms with E-state index in [1.54, 1.807) is 38.3 Å². The molecule has 1 fully saturated rings. The molecule has 3 rings (SSSR count). The number of carbonyl (C=O) groups excluding carboxylic acids is 2. The van der Waals surface area contributed by atoms with Crippen LogP contribution in [0.5, 0.6) is 11.5 Å². The van der Waals surface area contributed by atoms with Crippen molar-refractivity contribution in [3.05, 3.63) is 64.7 Å². The first-order chi connectivity index (χ1) is 15.4. The van der Waals surface area contributed by atoms with Gasteiger partial charge in [0.2, 0.25) is 0 Å². The molecule has 0 aliphatic carbocycles. The van der Waals surface area contributed by atoms with Crippen LogP contribution >= 0.6 is 0 Å². The van der Waals surface area contributed by atoms with Crippen molar-refractivity contribution in [2.45, 2.75) is 32.7 Å². The van der Waals surface area contributed by atoms with Crippen molar-refractivity contribution in [2.75, 3.05) is 26.9 Å². The molecule has 1 aliphatic heterocycles. The smallest absolute Gasteiger partial charge is 0.295 e. The molecule has 2 N–H and O–H groups in total. The normalized spacial score (nSPS) is 17.7. The van der Waals surface area contributed by atoms with Gasteiger partial charge < -0.3 is 24.6 Å². The molecule has 2 aromatic rings. The van der Waals surface area contributed by atoms with Crippen LogP contribution in [0.3, 0.4) is 0 Å². The first kappa shape index (κ1) is 23.3. The van der Waals surface area contributed by atoms with Crippen LogP contribution in [-0.4, -0.2) is 53.7 Å². The molecule has 1 aliphatic rings. The Labute approximate surface area is 187 Å². The number of aliphatic hydroxyl groups is 1. The van der Waals surface area contributed by atoms with Crippen LogP contribution in [-0.2, 0) is 20.7 Å². The molecule has 1 saturated heterocycles. The predicted octanol–water partition coefficient (Wildman–Crippen LogP) is 3.81. The molecule has 32 heavy (non-hydrogen) atoms. The van der Waals surface area contributed by atoms with Gasteiger partial charge in [-0.2, -0.15) is 0 Å². The summed E-state index contributed by atoms with van der Waals surface area (Å²) in [6.45, 7) is 4.87. The van der Waals surface area contributed by atoms with Crippen molar-refractivity contribution in [3.8, 4) is 11.5 Å². The number of hydrogen-bond acceptors (Lipinski definition) is 6. The number of aryl methyl sites for hydroxylation is 1. The van der Waals surface area contributed by atoms with E-state index in [1.165, 1.54) is 11.0 Å². The number of amides is 1. The third-order valence-electron chi connectivity index (χ3n) is 5.52. The summed E-state index contributed by atoms with van der Waals surface area (Å²) in [5.41, 5.74) is 2.14. The third-order valence-corrected chi connectivity index (χ3v) is 5.52. The van der Waals surface area contributed by atoms with Gasteiger partial charge in [-0.15, -0.1) is 0 Å². The van der Waals surface area contributed by atoms with E-state index >= 15 is 0 Å². The summed E-state index contributed by atoms with van der Waals surface area (Å²) in [5, 5.41) is 21.2. The molecule has 1 atom stereocenters. The summed E-state index contributed by atoms with van der Waals surface area (Å²) in [6.07, 6.45) is 1.38. The Balaban J connectivity index is 2.13. The lowest BCUT2D eigenvalue weighted by atomic mass is 9.94. The number of Topliss-reactive ketones (excluding diaryl/α,β-unsaturated/α-hetero) is 1. The topological polar surface area (TPSA) is 96.3 Å². The van der Waals surface area contributed by atoms with Crippen LogP contribution in [0.2, 0.25) is 0 Å². The molecular weight excluding hydrogens is 410 g/mol. The van der Waals surface area contributed by atoms with E-state index in [0.717, 1.165) is 12.0 Å². The Bertz CT molecular complexity index is 1010. The van der Waals surface area contributed by atoms with Gasteiger partial charge in [0.15, 0.2) is 11.5 Å². The number of nitrogens with zero attached hydrogens (tertiary/aromatic N) is 1. The Morgan fingerprint density at radius 3 is 2.44 bits per heavy atom. The van der Waals surface area contributed by atoms with Gasteiger partial charge in [0.25, 0.3) is 11.7 Å². The van der Waals surface area contributed by atoms with E-state index in [9.17, 15) is 19.8 Å². The van der Waals surface area contributed by atoms with Crippen LogP contribution in [0.25, 0.3) is 5.76 Å². The highest BCUT2D eigenvalue weighted by atomic mass is 16.5. The maximum absolute atomic E-state index is 13.0. The second-order valence-electron chi connectivity index (χ2n) is 7.55. The molecule has 1 unspecified atom stereocenters. The minimum Gasteiger partial charge on any atom is -0.507 e. The second kappa shape index (κ2) is 10.3. The number of ether oxygens (including phenoxy) is 2. The molecule has 2 aromatic carbocycles. The van der Waals surface area contributed by atoms with Crippen molar-refractivity contribution in [2.24, 2.45) is 0 Å². The predicted molar refractivity (Wildman–Crippen MR) is 121 cm³/mol. The van der Waals surface area contributed by atoms with E-state index in [4.69, 9.17) is 9.47 Å². The Hall–Kier alpha value is -3.32. The lowest BCUT2D eigenvalue weighted by Gasteiger charge is -2.25. The van der Waals surface area contributed by atoms with E-state index in [0.29, 0.717) is 30.8 Å². The fourth-order valence-electron chi connectivity index (χ4n) is 3.86. The highest BCUT2D eigenvalue weighted by molar-refractivity contribution is 6.46. The van der Waals surface area contributed by atoms with Crippen LogP contribution in [0.1, 0.15) is 43.0 Å².